The van der Waals surface area contributed by atoms with Crippen molar-refractivity contribution < 1.29 is 17.9 Å². The maximum absolute atomic E-state index is 12.2. The first-order valence-corrected chi connectivity index (χ1v) is 9.88. The van der Waals surface area contributed by atoms with Gasteiger partial charge < -0.3 is 10.5 Å². The van der Waals surface area contributed by atoms with E-state index in [1.54, 1.807) is 12.1 Å². The van der Waals surface area contributed by atoms with E-state index in [9.17, 15) is 13.2 Å². The third-order valence-corrected chi connectivity index (χ3v) is 5.95. The fraction of sp³-hybridized carbons (Fsp3) is 0.562. The summed E-state index contributed by atoms with van der Waals surface area (Å²) in [6.45, 7) is 0.374. The molecule has 1 aliphatic rings. The average Bonchev–Trinajstić information content (AvgIpc) is 2.54. The van der Waals surface area contributed by atoms with E-state index in [0.717, 1.165) is 32.1 Å². The normalized spacial score (nSPS) is 21.5. The number of amides is 1. The molecule has 1 aromatic carbocycles. The number of halogens is 1. The minimum Gasteiger partial charge on any atom is -0.368 e. The largest absolute Gasteiger partial charge is 0.368 e. The highest BCUT2D eigenvalue weighted by molar-refractivity contribution is 7.89. The molecule has 0 unspecified atom stereocenters. The molecule has 1 fully saturated rings. The number of rotatable bonds is 8. The van der Waals surface area contributed by atoms with E-state index < -0.39 is 15.9 Å². The maximum Gasteiger partial charge on any atom is 0.243 e. The molecule has 134 valence electrons. The van der Waals surface area contributed by atoms with Crippen LogP contribution in [0.3, 0.4) is 0 Å². The first kappa shape index (κ1) is 19.2. The summed E-state index contributed by atoms with van der Waals surface area (Å²) >= 11 is 5.77. The highest BCUT2D eigenvalue weighted by atomic mass is 35.5. The van der Waals surface area contributed by atoms with E-state index in [-0.39, 0.29) is 17.6 Å². The van der Waals surface area contributed by atoms with Gasteiger partial charge in [0.05, 0.1) is 11.0 Å². The lowest BCUT2D eigenvalue weighted by Gasteiger charge is -2.28. The van der Waals surface area contributed by atoms with Gasteiger partial charge in [0.25, 0.3) is 0 Å². The van der Waals surface area contributed by atoms with Gasteiger partial charge in [-0.05, 0) is 62.3 Å². The van der Waals surface area contributed by atoms with Crippen molar-refractivity contribution in [2.45, 2.75) is 43.1 Å². The number of hydrogen-bond donors (Lipinski definition) is 2. The number of nitrogens with one attached hydrogen (secondary N) is 1. The Morgan fingerprint density at radius 1 is 1.21 bits per heavy atom. The van der Waals surface area contributed by atoms with Crippen LogP contribution in [-0.4, -0.2) is 33.6 Å². The second-order valence-corrected chi connectivity index (χ2v) is 8.26. The summed E-state index contributed by atoms with van der Waals surface area (Å²) in [4.78, 5) is 10.9. The molecule has 0 bridgehead atoms. The van der Waals surface area contributed by atoms with E-state index in [1.807, 2.05) is 0 Å². The lowest BCUT2D eigenvalue weighted by molar-refractivity contribution is -0.125. The molecule has 8 heteroatoms. The van der Waals surface area contributed by atoms with Crippen molar-refractivity contribution in [3.8, 4) is 0 Å². The van der Waals surface area contributed by atoms with Crippen molar-refractivity contribution in [3.05, 3.63) is 29.3 Å². The lowest BCUT2D eigenvalue weighted by Crippen LogP contribution is -2.29. The van der Waals surface area contributed by atoms with Gasteiger partial charge in [0.15, 0.2) is 0 Å². The topological polar surface area (TPSA) is 98.5 Å². The summed E-state index contributed by atoms with van der Waals surface area (Å²) in [6, 6.07) is 6.10. The van der Waals surface area contributed by atoms with E-state index in [2.05, 4.69) is 4.72 Å². The number of benzene rings is 1. The zero-order valence-corrected chi connectivity index (χ0v) is 15.0. The Balaban J connectivity index is 1.71. The second kappa shape index (κ2) is 8.80. The Hall–Kier alpha value is -1.15. The highest BCUT2D eigenvalue weighted by Gasteiger charge is 2.22. The predicted molar refractivity (Wildman–Crippen MR) is 92.1 cm³/mol. The molecule has 0 aliphatic heterocycles. The Morgan fingerprint density at radius 3 is 2.42 bits per heavy atom. The molecular weight excluding hydrogens is 352 g/mol. The number of ether oxygens (including phenoxy) is 1. The van der Waals surface area contributed by atoms with Crippen LogP contribution in [0.25, 0.3) is 0 Å². The van der Waals surface area contributed by atoms with Crippen LogP contribution in [0.4, 0.5) is 0 Å². The smallest absolute Gasteiger partial charge is 0.243 e. The molecule has 0 heterocycles. The van der Waals surface area contributed by atoms with Crippen LogP contribution < -0.4 is 10.5 Å². The number of hydrogen-bond acceptors (Lipinski definition) is 4. The molecule has 24 heavy (non-hydrogen) atoms. The van der Waals surface area contributed by atoms with Crippen molar-refractivity contribution in [2.24, 2.45) is 11.7 Å². The molecule has 1 aliphatic carbocycles. The van der Waals surface area contributed by atoms with Crippen molar-refractivity contribution in [1.82, 2.24) is 4.72 Å². The Kier molecular flexibility index (Phi) is 7.03. The second-order valence-electron chi connectivity index (χ2n) is 6.06. The Labute approximate surface area is 147 Å². The Morgan fingerprint density at radius 2 is 1.83 bits per heavy atom. The molecule has 6 nitrogen and oxygen atoms in total. The fourth-order valence-electron chi connectivity index (χ4n) is 2.88. The van der Waals surface area contributed by atoms with Crippen LogP contribution in [0.1, 0.15) is 32.1 Å². The predicted octanol–water partition coefficient (Wildman–Crippen LogP) is 2.07. The summed E-state index contributed by atoms with van der Waals surface area (Å²) in [5.74, 6) is 0.0140. The molecule has 0 spiro atoms. The van der Waals surface area contributed by atoms with Crippen molar-refractivity contribution >= 4 is 27.5 Å². The van der Waals surface area contributed by atoms with Gasteiger partial charge in [0, 0.05) is 11.6 Å². The number of sulfonamides is 1. The van der Waals surface area contributed by atoms with Crippen LogP contribution in [0.2, 0.25) is 5.02 Å². The molecule has 3 N–H and O–H groups in total. The highest BCUT2D eigenvalue weighted by Crippen LogP contribution is 2.28. The summed E-state index contributed by atoms with van der Waals surface area (Å²) in [6.07, 6.45) is 4.55. The molecule has 2 rings (SSSR count). The van der Waals surface area contributed by atoms with Gasteiger partial charge >= 0.3 is 0 Å². The summed E-state index contributed by atoms with van der Waals surface area (Å²) in [7, 11) is -3.49. The molecule has 0 aromatic heterocycles. The zero-order valence-electron chi connectivity index (χ0n) is 13.4. The van der Waals surface area contributed by atoms with E-state index >= 15 is 0 Å². The molecule has 1 saturated carbocycles. The van der Waals surface area contributed by atoms with Gasteiger partial charge in [-0.3, -0.25) is 4.79 Å². The molecule has 0 saturated heterocycles. The lowest BCUT2D eigenvalue weighted by atomic mass is 9.85. The van der Waals surface area contributed by atoms with Crippen LogP contribution >= 0.6 is 11.6 Å². The standard InChI is InChI=1S/C16H23ClN2O4S/c17-13-3-7-15(8-4-13)24(21,22)19-10-9-12-1-5-14(6-2-12)23-11-16(18)20/h3-4,7-8,12,14,19H,1-2,5-6,9-11H2,(H2,18,20). The number of primary amides is 1. The van der Waals surface area contributed by atoms with Gasteiger partial charge in [0.1, 0.15) is 6.61 Å². The van der Waals surface area contributed by atoms with Crippen LogP contribution in [0.15, 0.2) is 29.2 Å². The van der Waals surface area contributed by atoms with Crippen LogP contribution in [-0.2, 0) is 19.6 Å². The third kappa shape index (κ3) is 6.05. The van der Waals surface area contributed by atoms with E-state index in [1.165, 1.54) is 12.1 Å². The quantitative estimate of drug-likeness (QED) is 0.727. The van der Waals surface area contributed by atoms with E-state index in [0.29, 0.717) is 17.5 Å². The van der Waals surface area contributed by atoms with Crippen molar-refractivity contribution in [2.75, 3.05) is 13.2 Å². The zero-order chi connectivity index (χ0) is 17.6. The first-order chi connectivity index (χ1) is 11.4. The van der Waals surface area contributed by atoms with E-state index in [4.69, 9.17) is 22.1 Å². The summed E-state index contributed by atoms with van der Waals surface area (Å²) < 4.78 is 32.4. The van der Waals surface area contributed by atoms with Crippen molar-refractivity contribution in [3.63, 3.8) is 0 Å². The van der Waals surface area contributed by atoms with Gasteiger partial charge in [-0.1, -0.05) is 11.6 Å². The minimum atomic E-state index is -3.49. The van der Waals surface area contributed by atoms with Crippen LogP contribution in [0.5, 0.6) is 0 Å². The van der Waals surface area contributed by atoms with Gasteiger partial charge in [0.2, 0.25) is 15.9 Å². The summed E-state index contributed by atoms with van der Waals surface area (Å²) in [5.41, 5.74) is 5.06. The molecule has 0 radical (unpaired) electrons. The third-order valence-electron chi connectivity index (χ3n) is 4.22. The van der Waals surface area contributed by atoms with Gasteiger partial charge in [-0.25, -0.2) is 13.1 Å². The monoisotopic (exact) mass is 374 g/mol. The van der Waals surface area contributed by atoms with Gasteiger partial charge in [-0.2, -0.15) is 0 Å². The van der Waals surface area contributed by atoms with Crippen LogP contribution in [0, 0.1) is 5.92 Å². The molecule has 1 amide bonds. The van der Waals surface area contributed by atoms with Crippen molar-refractivity contribution in [1.29, 1.82) is 0 Å². The number of nitrogens with two attached hydrogens (primary N) is 1. The number of carbonyl (C=O) groups is 1. The number of carbonyl (C=O) groups excluding carboxylic acids is 1. The fourth-order valence-corrected chi connectivity index (χ4v) is 4.06. The molecular formula is C16H23ClN2O4S. The molecule has 0 atom stereocenters. The Bertz CT molecular complexity index is 641. The summed E-state index contributed by atoms with van der Waals surface area (Å²) in [5, 5.41) is 0.504. The minimum absolute atomic E-state index is 0.0315. The molecule has 1 aromatic rings. The first-order valence-electron chi connectivity index (χ1n) is 8.02. The maximum atomic E-state index is 12.2. The average molecular weight is 375 g/mol. The van der Waals surface area contributed by atoms with Gasteiger partial charge in [-0.15, -0.1) is 0 Å². The SMILES string of the molecule is NC(=O)COC1CCC(CCNS(=O)(=O)c2ccc(Cl)cc2)CC1.